The number of oxime groups is 1. The molecule has 0 radical (unpaired) electrons. The van der Waals surface area contributed by atoms with Crippen LogP contribution < -0.4 is 4.90 Å². The van der Waals surface area contributed by atoms with E-state index in [-0.39, 0.29) is 5.69 Å². The van der Waals surface area contributed by atoms with Crippen LogP contribution in [0.4, 0.5) is 11.4 Å². The zero-order valence-corrected chi connectivity index (χ0v) is 14.9. The lowest BCUT2D eigenvalue weighted by molar-refractivity contribution is -0.384. The molecular weight excluding hydrogens is 374 g/mol. The number of anilines is 1. The minimum atomic E-state index is -1.03. The molecule has 2 aliphatic heterocycles. The molecule has 8 heteroatoms. The number of carbonyl (C=O) groups is 2. The van der Waals surface area contributed by atoms with Crippen LogP contribution in [0.15, 0.2) is 71.9 Å². The van der Waals surface area contributed by atoms with Gasteiger partial charge < -0.3 is 4.84 Å². The van der Waals surface area contributed by atoms with Gasteiger partial charge >= 0.3 is 0 Å². The third kappa shape index (κ3) is 2.57. The van der Waals surface area contributed by atoms with Crippen LogP contribution in [0.5, 0.6) is 0 Å². The normalized spacial score (nSPS) is 20.6. The SMILES string of the molecule is O=C1[C@H]2C(c3ccc([N+](=O)[O-])cc3)=NO[C@H]2C(=O)N1c1ccc2ccccc2c1. The van der Waals surface area contributed by atoms with Crippen LogP contribution in [0, 0.1) is 16.0 Å². The average Bonchev–Trinajstić information content (AvgIpc) is 3.28. The van der Waals surface area contributed by atoms with Crippen molar-refractivity contribution >= 4 is 39.7 Å². The van der Waals surface area contributed by atoms with Crippen molar-refractivity contribution in [2.75, 3.05) is 4.90 Å². The van der Waals surface area contributed by atoms with Gasteiger partial charge in [-0.25, -0.2) is 4.90 Å². The number of carbonyl (C=O) groups excluding carboxylic acids is 2. The molecule has 0 aromatic heterocycles. The highest BCUT2D eigenvalue weighted by Crippen LogP contribution is 2.36. The molecule has 0 aliphatic carbocycles. The van der Waals surface area contributed by atoms with Gasteiger partial charge in [-0.15, -0.1) is 0 Å². The molecule has 2 amide bonds. The van der Waals surface area contributed by atoms with Gasteiger partial charge in [-0.1, -0.05) is 35.5 Å². The van der Waals surface area contributed by atoms with Crippen LogP contribution in [0.3, 0.4) is 0 Å². The Labute approximate surface area is 164 Å². The predicted molar refractivity (Wildman–Crippen MR) is 104 cm³/mol. The van der Waals surface area contributed by atoms with Gasteiger partial charge in [0.05, 0.1) is 10.6 Å². The van der Waals surface area contributed by atoms with Gasteiger partial charge in [0.2, 0.25) is 12.0 Å². The molecular formula is C21H13N3O5. The largest absolute Gasteiger partial charge is 0.381 e. The molecule has 1 fully saturated rings. The highest BCUT2D eigenvalue weighted by Gasteiger charge is 2.56. The second kappa shape index (κ2) is 6.23. The minimum Gasteiger partial charge on any atom is -0.381 e. The Kier molecular flexibility index (Phi) is 3.67. The number of nitro groups is 1. The first-order valence-electron chi connectivity index (χ1n) is 8.90. The second-order valence-corrected chi connectivity index (χ2v) is 6.83. The Balaban J connectivity index is 1.49. The van der Waals surface area contributed by atoms with E-state index in [9.17, 15) is 19.7 Å². The third-order valence-electron chi connectivity index (χ3n) is 5.18. The number of imide groups is 1. The van der Waals surface area contributed by atoms with Gasteiger partial charge in [-0.2, -0.15) is 0 Å². The van der Waals surface area contributed by atoms with E-state index in [0.29, 0.717) is 17.0 Å². The van der Waals surface area contributed by atoms with Gasteiger partial charge in [0.25, 0.3) is 11.6 Å². The Morgan fingerprint density at radius 1 is 0.931 bits per heavy atom. The van der Waals surface area contributed by atoms with E-state index < -0.39 is 28.8 Å². The minimum absolute atomic E-state index is 0.0727. The molecule has 2 heterocycles. The molecule has 3 aromatic carbocycles. The molecule has 0 bridgehead atoms. The summed E-state index contributed by atoms with van der Waals surface area (Å²) in [5.41, 5.74) is 1.20. The monoisotopic (exact) mass is 387 g/mol. The van der Waals surface area contributed by atoms with E-state index in [2.05, 4.69) is 5.16 Å². The first-order chi connectivity index (χ1) is 14.0. The Morgan fingerprint density at radius 3 is 2.38 bits per heavy atom. The fourth-order valence-electron chi connectivity index (χ4n) is 3.74. The fourth-order valence-corrected chi connectivity index (χ4v) is 3.74. The van der Waals surface area contributed by atoms with Crippen molar-refractivity contribution in [3.8, 4) is 0 Å². The summed E-state index contributed by atoms with van der Waals surface area (Å²) >= 11 is 0. The maximum atomic E-state index is 13.1. The topological polar surface area (TPSA) is 102 Å². The Morgan fingerprint density at radius 2 is 1.66 bits per heavy atom. The van der Waals surface area contributed by atoms with Crippen LogP contribution in [0.25, 0.3) is 10.8 Å². The van der Waals surface area contributed by atoms with Crippen LogP contribution >= 0.6 is 0 Å². The lowest BCUT2D eigenvalue weighted by Gasteiger charge is -2.16. The summed E-state index contributed by atoms with van der Waals surface area (Å²) in [6.45, 7) is 0. The van der Waals surface area contributed by atoms with Crippen LogP contribution in [-0.4, -0.2) is 28.6 Å². The molecule has 1 saturated heterocycles. The van der Waals surface area contributed by atoms with Crippen molar-refractivity contribution < 1.29 is 19.3 Å². The Hall–Kier alpha value is -4.07. The van der Waals surface area contributed by atoms with Crippen molar-refractivity contribution in [1.82, 2.24) is 0 Å². The van der Waals surface area contributed by atoms with Crippen LogP contribution in [-0.2, 0) is 14.4 Å². The summed E-state index contributed by atoms with van der Waals surface area (Å²) in [6, 6.07) is 18.7. The van der Waals surface area contributed by atoms with Crippen molar-refractivity contribution in [1.29, 1.82) is 0 Å². The van der Waals surface area contributed by atoms with Crippen molar-refractivity contribution in [2.45, 2.75) is 6.10 Å². The predicted octanol–water partition coefficient (Wildman–Crippen LogP) is 3.04. The number of hydrogen-bond acceptors (Lipinski definition) is 6. The van der Waals surface area contributed by atoms with Gasteiger partial charge in [-0.3, -0.25) is 19.7 Å². The molecule has 142 valence electrons. The van der Waals surface area contributed by atoms with E-state index in [0.717, 1.165) is 15.7 Å². The summed E-state index contributed by atoms with van der Waals surface area (Å²) in [6.07, 6.45) is -1.03. The molecule has 29 heavy (non-hydrogen) atoms. The number of fused-ring (bicyclic) bond motifs is 2. The lowest BCUT2D eigenvalue weighted by atomic mass is 9.94. The first kappa shape index (κ1) is 17.1. The summed E-state index contributed by atoms with van der Waals surface area (Å²) < 4.78 is 0. The molecule has 2 aliphatic rings. The standard InChI is InChI=1S/C21H13N3O5/c25-20-17-18(13-6-8-15(9-7-13)24(27)28)22-29-19(17)21(26)23(20)16-10-5-12-3-1-2-4-14(12)11-16/h1-11,17,19H/t17-,19+/m0/s1. The number of nitrogens with zero attached hydrogens (tertiary/aromatic N) is 3. The molecule has 0 spiro atoms. The van der Waals surface area contributed by atoms with Gasteiger partial charge in [-0.05, 0) is 35.0 Å². The lowest BCUT2D eigenvalue weighted by Crippen LogP contribution is -2.33. The van der Waals surface area contributed by atoms with Crippen molar-refractivity contribution in [3.05, 3.63) is 82.4 Å². The molecule has 5 rings (SSSR count). The maximum absolute atomic E-state index is 13.1. The number of rotatable bonds is 3. The van der Waals surface area contributed by atoms with Crippen molar-refractivity contribution in [2.24, 2.45) is 11.1 Å². The van der Waals surface area contributed by atoms with E-state index in [4.69, 9.17) is 4.84 Å². The second-order valence-electron chi connectivity index (χ2n) is 6.83. The summed E-state index contributed by atoms with van der Waals surface area (Å²) in [7, 11) is 0. The molecule has 0 unspecified atom stereocenters. The smallest absolute Gasteiger partial charge is 0.278 e. The van der Waals surface area contributed by atoms with E-state index in [1.54, 1.807) is 12.1 Å². The summed E-state index contributed by atoms with van der Waals surface area (Å²) in [5, 5.41) is 16.7. The third-order valence-corrected chi connectivity index (χ3v) is 5.18. The highest BCUT2D eigenvalue weighted by atomic mass is 16.7. The molecule has 3 aromatic rings. The highest BCUT2D eigenvalue weighted by molar-refractivity contribution is 6.32. The van der Waals surface area contributed by atoms with Gasteiger partial charge in [0.15, 0.2) is 0 Å². The van der Waals surface area contributed by atoms with Crippen LogP contribution in [0.1, 0.15) is 5.56 Å². The Bertz CT molecular complexity index is 1220. The van der Waals surface area contributed by atoms with E-state index in [1.807, 2.05) is 30.3 Å². The average molecular weight is 387 g/mol. The van der Waals surface area contributed by atoms with Crippen molar-refractivity contribution in [3.63, 3.8) is 0 Å². The number of benzene rings is 3. The maximum Gasteiger partial charge on any atom is 0.278 e. The molecule has 2 atom stereocenters. The summed E-state index contributed by atoms with van der Waals surface area (Å²) in [5.74, 6) is -1.78. The summed E-state index contributed by atoms with van der Waals surface area (Å²) in [4.78, 5) is 42.8. The number of amides is 2. The molecule has 8 nitrogen and oxygen atoms in total. The number of nitro benzene ring substituents is 1. The zero-order chi connectivity index (χ0) is 20.1. The molecule has 0 saturated carbocycles. The van der Waals surface area contributed by atoms with Gasteiger partial charge in [0.1, 0.15) is 11.6 Å². The van der Waals surface area contributed by atoms with Crippen LogP contribution in [0.2, 0.25) is 0 Å². The fraction of sp³-hybridized carbons (Fsp3) is 0.0952. The van der Waals surface area contributed by atoms with E-state index >= 15 is 0 Å². The number of hydrogen-bond donors (Lipinski definition) is 0. The molecule has 0 N–H and O–H groups in total. The zero-order valence-electron chi connectivity index (χ0n) is 14.9. The van der Waals surface area contributed by atoms with Gasteiger partial charge in [0, 0.05) is 17.7 Å². The van der Waals surface area contributed by atoms with E-state index in [1.165, 1.54) is 24.3 Å². The number of non-ortho nitro benzene ring substituents is 1. The first-order valence-corrected chi connectivity index (χ1v) is 8.90. The quantitative estimate of drug-likeness (QED) is 0.390.